The van der Waals surface area contributed by atoms with E-state index in [-0.39, 0.29) is 23.9 Å². The molecule has 2 heterocycles. The second kappa shape index (κ2) is 8.03. The summed E-state index contributed by atoms with van der Waals surface area (Å²) in [5.41, 5.74) is 0.915. The molecule has 2 atom stereocenters. The Bertz CT molecular complexity index is 575. The Hall–Kier alpha value is -1.53. The van der Waals surface area contributed by atoms with Gasteiger partial charge in [0.15, 0.2) is 0 Å². The molecule has 0 bridgehead atoms. The van der Waals surface area contributed by atoms with Crippen LogP contribution in [0.5, 0.6) is 0 Å². The molecule has 0 spiro atoms. The van der Waals surface area contributed by atoms with E-state index in [1.165, 1.54) is 0 Å². The van der Waals surface area contributed by atoms with Crippen molar-refractivity contribution in [2.45, 2.75) is 31.3 Å². The highest BCUT2D eigenvalue weighted by atomic mass is 32.2. The summed E-state index contributed by atoms with van der Waals surface area (Å²) >= 11 is 1.88. The lowest BCUT2D eigenvalue weighted by Crippen LogP contribution is -2.54. The second-order valence-electron chi connectivity index (χ2n) is 6.42. The van der Waals surface area contributed by atoms with Gasteiger partial charge in [0.25, 0.3) is 0 Å². The van der Waals surface area contributed by atoms with E-state index in [4.69, 9.17) is 0 Å². The molecular formula is C18H25N3O2S. The quantitative estimate of drug-likeness (QED) is 0.901. The number of anilines is 1. The minimum atomic E-state index is -0.345. The summed E-state index contributed by atoms with van der Waals surface area (Å²) in [4.78, 5) is 29.0. The molecule has 1 N–H and O–H groups in total. The summed E-state index contributed by atoms with van der Waals surface area (Å²) in [6.45, 7) is 1.68. The van der Waals surface area contributed by atoms with Gasteiger partial charge in [-0.25, -0.2) is 0 Å². The monoisotopic (exact) mass is 347 g/mol. The topological polar surface area (TPSA) is 52.7 Å². The second-order valence-corrected chi connectivity index (χ2v) is 7.57. The molecule has 24 heavy (non-hydrogen) atoms. The van der Waals surface area contributed by atoms with Crippen molar-refractivity contribution in [2.24, 2.45) is 0 Å². The van der Waals surface area contributed by atoms with Gasteiger partial charge in [0.05, 0.1) is 0 Å². The van der Waals surface area contributed by atoms with Gasteiger partial charge in [0.1, 0.15) is 6.04 Å². The van der Waals surface area contributed by atoms with Gasteiger partial charge in [0, 0.05) is 49.8 Å². The third-order valence-electron chi connectivity index (χ3n) is 4.76. The number of carbonyl (C=O) groups excluding carboxylic acids is 2. The van der Waals surface area contributed by atoms with Crippen molar-refractivity contribution >= 4 is 29.3 Å². The van der Waals surface area contributed by atoms with E-state index >= 15 is 0 Å². The molecule has 2 fully saturated rings. The molecule has 2 amide bonds. The number of likely N-dealkylation sites (N-methyl/N-ethyl adjacent to an activating group) is 1. The number of rotatable bonds is 4. The van der Waals surface area contributed by atoms with Gasteiger partial charge in [-0.05, 0) is 25.0 Å². The zero-order valence-electron chi connectivity index (χ0n) is 14.1. The number of nitrogens with one attached hydrogen (secondary N) is 1. The van der Waals surface area contributed by atoms with Crippen LogP contribution in [0, 0.1) is 0 Å². The van der Waals surface area contributed by atoms with Crippen LogP contribution in [0.2, 0.25) is 0 Å². The van der Waals surface area contributed by atoms with Crippen LogP contribution in [0.4, 0.5) is 5.69 Å². The van der Waals surface area contributed by atoms with Gasteiger partial charge >= 0.3 is 0 Å². The molecule has 2 unspecified atom stereocenters. The largest absolute Gasteiger partial charge is 0.334 e. The van der Waals surface area contributed by atoms with E-state index in [0.29, 0.717) is 6.42 Å². The Balaban J connectivity index is 1.64. The molecule has 0 radical (unpaired) electrons. The van der Waals surface area contributed by atoms with Crippen molar-refractivity contribution in [2.75, 3.05) is 36.5 Å². The fourth-order valence-electron chi connectivity index (χ4n) is 3.36. The Morgan fingerprint density at radius 1 is 1.38 bits per heavy atom. The van der Waals surface area contributed by atoms with Crippen molar-refractivity contribution in [1.29, 1.82) is 0 Å². The number of benzene rings is 1. The molecule has 1 aromatic rings. The SMILES string of the molecule is CN(C(=O)CC1CSCCN1)C1CCCN(c2ccccc2)C1=O. The maximum atomic E-state index is 12.9. The van der Waals surface area contributed by atoms with Crippen molar-refractivity contribution in [3.63, 3.8) is 0 Å². The van der Waals surface area contributed by atoms with Crippen molar-refractivity contribution in [3.8, 4) is 0 Å². The molecule has 1 aromatic carbocycles. The zero-order valence-corrected chi connectivity index (χ0v) is 14.9. The van der Waals surface area contributed by atoms with E-state index in [2.05, 4.69) is 5.32 Å². The van der Waals surface area contributed by atoms with Crippen LogP contribution >= 0.6 is 11.8 Å². The maximum absolute atomic E-state index is 12.9. The predicted molar refractivity (Wildman–Crippen MR) is 98.3 cm³/mol. The number of hydrogen-bond acceptors (Lipinski definition) is 4. The first-order valence-corrected chi connectivity index (χ1v) is 9.75. The van der Waals surface area contributed by atoms with Crippen molar-refractivity contribution in [3.05, 3.63) is 30.3 Å². The Labute approximate surface area is 147 Å². The molecule has 3 rings (SSSR count). The first-order chi connectivity index (χ1) is 11.7. The van der Waals surface area contributed by atoms with Crippen LogP contribution in [-0.4, -0.2) is 60.4 Å². The fraction of sp³-hybridized carbons (Fsp3) is 0.556. The maximum Gasteiger partial charge on any atom is 0.249 e. The Morgan fingerprint density at radius 2 is 2.17 bits per heavy atom. The predicted octanol–water partition coefficient (Wildman–Crippen LogP) is 1.74. The number of nitrogens with zero attached hydrogens (tertiary/aromatic N) is 2. The highest BCUT2D eigenvalue weighted by Crippen LogP contribution is 2.23. The normalized spacial score (nSPS) is 24.7. The third kappa shape index (κ3) is 3.92. The average molecular weight is 347 g/mol. The van der Waals surface area contributed by atoms with E-state index in [1.54, 1.807) is 11.9 Å². The number of piperidine rings is 1. The lowest BCUT2D eigenvalue weighted by molar-refractivity contribution is -0.139. The van der Waals surface area contributed by atoms with Crippen LogP contribution in [0.25, 0.3) is 0 Å². The van der Waals surface area contributed by atoms with E-state index in [9.17, 15) is 9.59 Å². The molecular weight excluding hydrogens is 322 g/mol. The molecule has 0 aromatic heterocycles. The molecule has 2 saturated heterocycles. The lowest BCUT2D eigenvalue weighted by atomic mass is 10.0. The van der Waals surface area contributed by atoms with Crippen molar-refractivity contribution < 1.29 is 9.59 Å². The summed E-state index contributed by atoms with van der Waals surface area (Å²) in [5.74, 6) is 2.17. The molecule has 0 aliphatic carbocycles. The van der Waals surface area contributed by atoms with Gasteiger partial charge in [-0.15, -0.1) is 0 Å². The number of para-hydroxylation sites is 1. The Kier molecular flexibility index (Phi) is 5.79. The number of carbonyl (C=O) groups is 2. The van der Waals surface area contributed by atoms with Gasteiger partial charge in [0.2, 0.25) is 11.8 Å². The fourth-order valence-corrected chi connectivity index (χ4v) is 4.31. The van der Waals surface area contributed by atoms with Gasteiger partial charge in [-0.1, -0.05) is 18.2 Å². The summed E-state index contributed by atoms with van der Waals surface area (Å²) in [6, 6.07) is 9.60. The summed E-state index contributed by atoms with van der Waals surface area (Å²) < 4.78 is 0. The lowest BCUT2D eigenvalue weighted by Gasteiger charge is -2.37. The molecule has 5 nitrogen and oxygen atoms in total. The van der Waals surface area contributed by atoms with Gasteiger partial charge in [-0.2, -0.15) is 11.8 Å². The number of thioether (sulfide) groups is 1. The van der Waals surface area contributed by atoms with Gasteiger partial charge in [-0.3, -0.25) is 9.59 Å². The zero-order chi connectivity index (χ0) is 16.9. The van der Waals surface area contributed by atoms with Crippen LogP contribution in [0.3, 0.4) is 0 Å². The van der Waals surface area contributed by atoms with Gasteiger partial charge < -0.3 is 15.1 Å². The minimum absolute atomic E-state index is 0.0364. The average Bonchev–Trinajstić information content (AvgIpc) is 2.63. The van der Waals surface area contributed by atoms with Crippen LogP contribution < -0.4 is 10.2 Å². The smallest absolute Gasteiger partial charge is 0.249 e. The molecule has 0 saturated carbocycles. The number of amides is 2. The number of hydrogen-bond donors (Lipinski definition) is 1. The summed E-state index contributed by atoms with van der Waals surface area (Å²) in [7, 11) is 1.77. The highest BCUT2D eigenvalue weighted by Gasteiger charge is 2.35. The van der Waals surface area contributed by atoms with Crippen LogP contribution in [0.1, 0.15) is 19.3 Å². The molecule has 2 aliphatic rings. The van der Waals surface area contributed by atoms with Crippen LogP contribution in [-0.2, 0) is 9.59 Å². The van der Waals surface area contributed by atoms with E-state index < -0.39 is 0 Å². The highest BCUT2D eigenvalue weighted by molar-refractivity contribution is 7.99. The third-order valence-corrected chi connectivity index (χ3v) is 5.89. The first-order valence-electron chi connectivity index (χ1n) is 8.60. The van der Waals surface area contributed by atoms with Crippen molar-refractivity contribution in [1.82, 2.24) is 10.2 Å². The molecule has 2 aliphatic heterocycles. The van der Waals surface area contributed by atoms with E-state index in [0.717, 1.165) is 43.1 Å². The summed E-state index contributed by atoms with van der Waals surface area (Å²) in [5, 5.41) is 3.39. The summed E-state index contributed by atoms with van der Waals surface area (Å²) in [6.07, 6.45) is 2.14. The standard InChI is InChI=1S/C18H25N3O2S/c1-20(17(22)12-14-13-24-11-9-19-14)16-8-5-10-21(18(16)23)15-6-3-2-4-7-15/h2-4,6-7,14,16,19H,5,8-13H2,1H3. The minimum Gasteiger partial charge on any atom is -0.334 e. The van der Waals surface area contributed by atoms with E-state index in [1.807, 2.05) is 47.0 Å². The first kappa shape index (κ1) is 17.3. The van der Waals surface area contributed by atoms with Crippen LogP contribution in [0.15, 0.2) is 30.3 Å². The molecule has 130 valence electrons. The Morgan fingerprint density at radius 3 is 2.88 bits per heavy atom. The molecule has 6 heteroatoms.